The molecule has 2 atom stereocenters. The van der Waals surface area contributed by atoms with Crippen molar-refractivity contribution >= 4 is 39.7 Å². The summed E-state index contributed by atoms with van der Waals surface area (Å²) in [6.45, 7) is 5.22. The molecule has 0 saturated carbocycles. The van der Waals surface area contributed by atoms with Crippen LogP contribution in [0.4, 0.5) is 0 Å². The van der Waals surface area contributed by atoms with Crippen molar-refractivity contribution in [2.45, 2.75) is 30.4 Å². The van der Waals surface area contributed by atoms with Crippen LogP contribution >= 0.6 is 23.7 Å². The molecule has 2 aliphatic heterocycles. The van der Waals surface area contributed by atoms with Crippen molar-refractivity contribution in [2.75, 3.05) is 39.8 Å². The molecule has 3 heterocycles. The quantitative estimate of drug-likeness (QED) is 0.788. The number of amides is 1. The van der Waals surface area contributed by atoms with E-state index in [9.17, 15) is 13.2 Å². The summed E-state index contributed by atoms with van der Waals surface area (Å²) in [5.74, 6) is 0.422. The number of hydrogen-bond donors (Lipinski definition) is 1. The Hall–Kier alpha value is -0.670. The molecule has 1 N–H and O–H groups in total. The number of hydrogen-bond acceptors (Lipinski definition) is 5. The van der Waals surface area contributed by atoms with E-state index in [-0.39, 0.29) is 24.2 Å². The average molecular weight is 422 g/mol. The molecule has 26 heavy (non-hydrogen) atoms. The van der Waals surface area contributed by atoms with Gasteiger partial charge in [0.05, 0.1) is 5.92 Å². The van der Waals surface area contributed by atoms with Crippen molar-refractivity contribution in [1.29, 1.82) is 0 Å². The summed E-state index contributed by atoms with van der Waals surface area (Å²) >= 11 is 1.30. The van der Waals surface area contributed by atoms with Gasteiger partial charge in [0.2, 0.25) is 5.91 Å². The minimum atomic E-state index is -3.48. The molecule has 0 spiro atoms. The molecular formula is C17H28ClN3O3S2. The lowest BCUT2D eigenvalue weighted by Gasteiger charge is -2.33. The van der Waals surface area contributed by atoms with Gasteiger partial charge in [-0.15, -0.1) is 23.7 Å². The summed E-state index contributed by atoms with van der Waals surface area (Å²) in [6, 6.07) is 3.50. The maximum atomic E-state index is 12.8. The van der Waals surface area contributed by atoms with Gasteiger partial charge in [-0.3, -0.25) is 4.79 Å². The van der Waals surface area contributed by atoms with Gasteiger partial charge in [-0.1, -0.05) is 0 Å². The second kappa shape index (κ2) is 9.01. The van der Waals surface area contributed by atoms with Gasteiger partial charge in [-0.25, -0.2) is 8.42 Å². The maximum Gasteiger partial charge on any atom is 0.252 e. The largest absolute Gasteiger partial charge is 0.342 e. The van der Waals surface area contributed by atoms with E-state index in [0.717, 1.165) is 43.8 Å². The molecule has 2 unspecified atom stereocenters. The predicted octanol–water partition coefficient (Wildman–Crippen LogP) is 1.95. The first-order chi connectivity index (χ1) is 11.9. The average Bonchev–Trinajstić information content (AvgIpc) is 3.24. The van der Waals surface area contributed by atoms with Gasteiger partial charge in [0.25, 0.3) is 10.0 Å². The molecular weight excluding hydrogens is 394 g/mol. The number of rotatable bonds is 5. The summed E-state index contributed by atoms with van der Waals surface area (Å²) in [6.07, 6.45) is 2.55. The number of thiophene rings is 1. The third-order valence-electron chi connectivity index (χ3n) is 5.13. The van der Waals surface area contributed by atoms with Crippen LogP contribution in [0.2, 0.25) is 0 Å². The third kappa shape index (κ3) is 4.59. The van der Waals surface area contributed by atoms with Crippen LogP contribution in [0.15, 0.2) is 16.3 Å². The van der Waals surface area contributed by atoms with Crippen molar-refractivity contribution in [3.8, 4) is 0 Å². The standard InChI is InChI=1S/C17H27N3O3S2.ClH/c1-13-5-6-16(24-13)25(22,23)20-8-3-4-15(12-20)17(21)19-9-7-14(11-19)10-18-2;/h5-6,14-15,18H,3-4,7-12H2,1-2H3;1H. The monoisotopic (exact) mass is 421 g/mol. The van der Waals surface area contributed by atoms with Crippen LogP contribution in [0.1, 0.15) is 24.1 Å². The van der Waals surface area contributed by atoms with Gasteiger partial charge in [-0.05, 0) is 57.8 Å². The van der Waals surface area contributed by atoms with E-state index in [1.807, 2.05) is 24.9 Å². The Balaban J connectivity index is 0.00000243. The Bertz CT molecular complexity index is 723. The molecule has 0 aliphatic carbocycles. The molecule has 1 aromatic rings. The first-order valence-corrected chi connectivity index (χ1v) is 11.2. The fourth-order valence-corrected chi connectivity index (χ4v) is 6.75. The number of carbonyl (C=O) groups excluding carboxylic acids is 1. The van der Waals surface area contributed by atoms with Crippen LogP contribution in [0.25, 0.3) is 0 Å². The summed E-state index contributed by atoms with van der Waals surface area (Å²) in [7, 11) is -1.55. The zero-order valence-corrected chi connectivity index (χ0v) is 17.8. The van der Waals surface area contributed by atoms with Crippen LogP contribution in [-0.2, 0) is 14.8 Å². The summed E-state index contributed by atoms with van der Waals surface area (Å²) in [5.41, 5.74) is 0. The van der Waals surface area contributed by atoms with E-state index in [4.69, 9.17) is 0 Å². The molecule has 0 aromatic carbocycles. The Morgan fingerprint density at radius 1 is 1.27 bits per heavy atom. The number of halogens is 1. The molecule has 1 amide bonds. The lowest BCUT2D eigenvalue weighted by atomic mass is 9.98. The Labute approximate surface area is 166 Å². The van der Waals surface area contributed by atoms with Gasteiger partial charge in [0.15, 0.2) is 0 Å². The first-order valence-electron chi connectivity index (χ1n) is 8.92. The van der Waals surface area contributed by atoms with E-state index >= 15 is 0 Å². The molecule has 0 radical (unpaired) electrons. The first kappa shape index (κ1) is 21.6. The predicted molar refractivity (Wildman–Crippen MR) is 106 cm³/mol. The van der Waals surface area contributed by atoms with Crippen molar-refractivity contribution < 1.29 is 13.2 Å². The van der Waals surface area contributed by atoms with E-state index in [0.29, 0.717) is 23.2 Å². The number of likely N-dealkylation sites (tertiary alicyclic amines) is 1. The number of sulfonamides is 1. The highest BCUT2D eigenvalue weighted by molar-refractivity contribution is 7.91. The Morgan fingerprint density at radius 2 is 2.04 bits per heavy atom. The second-order valence-corrected chi connectivity index (χ2v) is 10.5. The highest BCUT2D eigenvalue weighted by atomic mass is 35.5. The minimum absolute atomic E-state index is 0. The van der Waals surface area contributed by atoms with Crippen LogP contribution < -0.4 is 5.32 Å². The highest BCUT2D eigenvalue weighted by Crippen LogP contribution is 2.29. The smallest absolute Gasteiger partial charge is 0.252 e. The number of piperidine rings is 1. The van der Waals surface area contributed by atoms with E-state index < -0.39 is 10.0 Å². The van der Waals surface area contributed by atoms with Crippen molar-refractivity contribution in [2.24, 2.45) is 11.8 Å². The van der Waals surface area contributed by atoms with Crippen LogP contribution in [-0.4, -0.2) is 63.3 Å². The number of carbonyl (C=O) groups is 1. The molecule has 2 fully saturated rings. The topological polar surface area (TPSA) is 69.7 Å². The lowest BCUT2D eigenvalue weighted by molar-refractivity contribution is -0.135. The van der Waals surface area contributed by atoms with Crippen LogP contribution in [0.3, 0.4) is 0 Å². The fraction of sp³-hybridized carbons (Fsp3) is 0.706. The molecule has 6 nitrogen and oxygen atoms in total. The van der Waals surface area contributed by atoms with Crippen LogP contribution in [0, 0.1) is 18.8 Å². The number of nitrogens with one attached hydrogen (secondary N) is 1. The molecule has 0 bridgehead atoms. The number of aryl methyl sites for hydroxylation is 1. The van der Waals surface area contributed by atoms with E-state index in [2.05, 4.69) is 5.32 Å². The van der Waals surface area contributed by atoms with Crippen LogP contribution in [0.5, 0.6) is 0 Å². The van der Waals surface area contributed by atoms with Gasteiger partial charge >= 0.3 is 0 Å². The minimum Gasteiger partial charge on any atom is -0.342 e. The fourth-order valence-electron chi connectivity index (χ4n) is 3.79. The maximum absolute atomic E-state index is 12.8. The SMILES string of the molecule is CNCC1CCN(C(=O)C2CCCN(S(=O)(=O)c3ccc(C)s3)C2)C1.Cl. The summed E-state index contributed by atoms with van der Waals surface area (Å²) in [4.78, 5) is 15.8. The van der Waals surface area contributed by atoms with E-state index in [1.54, 1.807) is 6.07 Å². The van der Waals surface area contributed by atoms with Gasteiger partial charge in [0, 0.05) is 31.1 Å². The zero-order chi connectivity index (χ0) is 18.0. The highest BCUT2D eigenvalue weighted by Gasteiger charge is 2.37. The lowest BCUT2D eigenvalue weighted by Crippen LogP contribution is -2.46. The number of nitrogens with zero attached hydrogens (tertiary/aromatic N) is 2. The molecule has 3 rings (SSSR count). The van der Waals surface area contributed by atoms with Gasteiger partial charge in [-0.2, -0.15) is 4.31 Å². The van der Waals surface area contributed by atoms with Gasteiger partial charge < -0.3 is 10.2 Å². The van der Waals surface area contributed by atoms with Crippen molar-refractivity contribution in [1.82, 2.24) is 14.5 Å². The molecule has 148 valence electrons. The normalized spacial score (nSPS) is 24.5. The second-order valence-electron chi connectivity index (χ2n) is 7.06. The molecule has 9 heteroatoms. The van der Waals surface area contributed by atoms with Crippen molar-refractivity contribution in [3.63, 3.8) is 0 Å². The summed E-state index contributed by atoms with van der Waals surface area (Å²) in [5, 5.41) is 3.17. The third-order valence-corrected chi connectivity index (χ3v) is 8.47. The molecule has 2 aliphatic rings. The Morgan fingerprint density at radius 3 is 2.69 bits per heavy atom. The summed E-state index contributed by atoms with van der Waals surface area (Å²) < 4.78 is 27.5. The molecule has 2 saturated heterocycles. The van der Waals surface area contributed by atoms with E-state index in [1.165, 1.54) is 15.6 Å². The zero-order valence-electron chi connectivity index (χ0n) is 15.3. The van der Waals surface area contributed by atoms with Crippen molar-refractivity contribution in [3.05, 3.63) is 17.0 Å². The van der Waals surface area contributed by atoms with Gasteiger partial charge in [0.1, 0.15) is 4.21 Å². The molecule has 1 aromatic heterocycles. The Kier molecular flexibility index (Phi) is 7.50.